The Bertz CT molecular complexity index is 455. The minimum absolute atomic E-state index is 0.576. The number of rotatable bonds is 3. The topological polar surface area (TPSA) is 22.1 Å². The van der Waals surface area contributed by atoms with Crippen LogP contribution in [-0.4, -0.2) is 4.98 Å². The largest absolute Gasteiger partial charge is 0.439 e. The molecule has 1 heterocycles. The lowest BCUT2D eigenvalue weighted by molar-refractivity contribution is 0.462. The van der Waals surface area contributed by atoms with E-state index in [-0.39, 0.29) is 0 Å². The Morgan fingerprint density at radius 2 is 1.88 bits per heavy atom. The molecule has 2 aromatic rings. The van der Waals surface area contributed by atoms with Crippen molar-refractivity contribution in [2.24, 2.45) is 0 Å². The second-order valence-corrected chi connectivity index (χ2v) is 4.19. The number of halogens is 2. The summed E-state index contributed by atoms with van der Waals surface area (Å²) in [6.07, 6.45) is 1.78. The van der Waals surface area contributed by atoms with Gasteiger partial charge in [0.1, 0.15) is 5.75 Å². The van der Waals surface area contributed by atoms with Gasteiger partial charge in [0.2, 0.25) is 5.88 Å². The normalized spacial score (nSPS) is 10.1. The van der Waals surface area contributed by atoms with Crippen molar-refractivity contribution >= 4 is 27.5 Å². The maximum absolute atomic E-state index is 5.78. The summed E-state index contributed by atoms with van der Waals surface area (Å²) in [5, 5.41) is 1.48. The number of hydrogen-bond donors (Lipinski definition) is 0. The zero-order chi connectivity index (χ0) is 11.4. The molecule has 0 amide bonds. The zero-order valence-electron chi connectivity index (χ0n) is 8.36. The SMILES string of the molecule is Clc1ccc(Oc2ccc(CBr)cn2)cc1. The first-order valence-corrected chi connectivity index (χ1v) is 6.22. The second kappa shape index (κ2) is 5.32. The molecule has 0 saturated heterocycles. The quantitative estimate of drug-likeness (QED) is 0.782. The van der Waals surface area contributed by atoms with Crippen molar-refractivity contribution in [1.29, 1.82) is 0 Å². The predicted molar refractivity (Wildman–Crippen MR) is 68.4 cm³/mol. The molecule has 0 atom stereocenters. The molecule has 2 rings (SSSR count). The van der Waals surface area contributed by atoms with Crippen LogP contribution in [0.4, 0.5) is 0 Å². The monoisotopic (exact) mass is 297 g/mol. The Kier molecular flexibility index (Phi) is 3.80. The van der Waals surface area contributed by atoms with E-state index in [2.05, 4.69) is 20.9 Å². The number of pyridine rings is 1. The summed E-state index contributed by atoms with van der Waals surface area (Å²) >= 11 is 9.14. The first-order chi connectivity index (χ1) is 7.78. The van der Waals surface area contributed by atoms with E-state index in [0.717, 1.165) is 16.6 Å². The van der Waals surface area contributed by atoms with Crippen LogP contribution in [0.3, 0.4) is 0 Å². The van der Waals surface area contributed by atoms with E-state index in [1.807, 2.05) is 24.3 Å². The van der Waals surface area contributed by atoms with E-state index in [0.29, 0.717) is 10.9 Å². The van der Waals surface area contributed by atoms with Crippen molar-refractivity contribution in [3.8, 4) is 11.6 Å². The number of aromatic nitrogens is 1. The third-order valence-electron chi connectivity index (χ3n) is 1.99. The van der Waals surface area contributed by atoms with Crippen LogP contribution in [0.15, 0.2) is 42.6 Å². The van der Waals surface area contributed by atoms with Crippen LogP contribution in [0.2, 0.25) is 5.02 Å². The van der Waals surface area contributed by atoms with E-state index in [1.54, 1.807) is 18.3 Å². The van der Waals surface area contributed by atoms with E-state index < -0.39 is 0 Å². The summed E-state index contributed by atoms with van der Waals surface area (Å²) in [5.74, 6) is 1.30. The highest BCUT2D eigenvalue weighted by atomic mass is 79.9. The van der Waals surface area contributed by atoms with Gasteiger partial charge < -0.3 is 4.74 Å². The highest BCUT2D eigenvalue weighted by molar-refractivity contribution is 9.08. The summed E-state index contributed by atoms with van der Waals surface area (Å²) in [6.45, 7) is 0. The van der Waals surface area contributed by atoms with Gasteiger partial charge in [-0.3, -0.25) is 0 Å². The smallest absolute Gasteiger partial charge is 0.219 e. The molecule has 0 aliphatic rings. The van der Waals surface area contributed by atoms with E-state index in [4.69, 9.17) is 16.3 Å². The first-order valence-electron chi connectivity index (χ1n) is 4.72. The van der Waals surface area contributed by atoms with Crippen molar-refractivity contribution in [3.63, 3.8) is 0 Å². The molecule has 0 saturated carbocycles. The van der Waals surface area contributed by atoms with Crippen molar-refractivity contribution < 1.29 is 4.74 Å². The standard InChI is InChI=1S/C12H9BrClNO/c13-7-9-1-6-12(15-8-9)16-11-4-2-10(14)3-5-11/h1-6,8H,7H2. The van der Waals surface area contributed by atoms with Crippen molar-refractivity contribution in [2.75, 3.05) is 0 Å². The highest BCUT2D eigenvalue weighted by Crippen LogP contribution is 2.21. The molecule has 0 fully saturated rings. The average molecular weight is 299 g/mol. The van der Waals surface area contributed by atoms with Crippen LogP contribution in [-0.2, 0) is 5.33 Å². The van der Waals surface area contributed by atoms with Gasteiger partial charge in [-0.2, -0.15) is 0 Å². The number of alkyl halides is 1. The van der Waals surface area contributed by atoms with Crippen LogP contribution in [0.25, 0.3) is 0 Å². The highest BCUT2D eigenvalue weighted by Gasteiger charge is 1.98. The molecular formula is C12H9BrClNO. The minimum atomic E-state index is 0.576. The van der Waals surface area contributed by atoms with Crippen LogP contribution < -0.4 is 4.74 Å². The molecule has 0 bridgehead atoms. The molecule has 0 radical (unpaired) electrons. The Balaban J connectivity index is 2.11. The van der Waals surface area contributed by atoms with Gasteiger partial charge in [-0.05, 0) is 29.8 Å². The van der Waals surface area contributed by atoms with Crippen molar-refractivity contribution in [3.05, 3.63) is 53.2 Å². The van der Waals surface area contributed by atoms with Gasteiger partial charge in [0.05, 0.1) is 0 Å². The fraction of sp³-hybridized carbons (Fsp3) is 0.0833. The van der Waals surface area contributed by atoms with E-state index >= 15 is 0 Å². The molecule has 0 spiro atoms. The lowest BCUT2D eigenvalue weighted by atomic mass is 10.3. The number of benzene rings is 1. The first kappa shape index (κ1) is 11.4. The molecule has 0 aliphatic carbocycles. The Hall–Kier alpha value is -1.06. The molecule has 82 valence electrons. The van der Waals surface area contributed by atoms with Crippen LogP contribution in [0.5, 0.6) is 11.6 Å². The zero-order valence-corrected chi connectivity index (χ0v) is 10.7. The van der Waals surface area contributed by atoms with Gasteiger partial charge in [0.15, 0.2) is 0 Å². The van der Waals surface area contributed by atoms with Gasteiger partial charge in [0, 0.05) is 22.6 Å². The van der Waals surface area contributed by atoms with Crippen LogP contribution in [0, 0.1) is 0 Å². The Labute approximate surface area is 107 Å². The van der Waals surface area contributed by atoms with Crippen LogP contribution >= 0.6 is 27.5 Å². The summed E-state index contributed by atoms with van der Waals surface area (Å²) in [5.41, 5.74) is 1.11. The number of ether oxygens (including phenoxy) is 1. The molecule has 16 heavy (non-hydrogen) atoms. The van der Waals surface area contributed by atoms with Gasteiger partial charge in [-0.15, -0.1) is 0 Å². The fourth-order valence-corrected chi connectivity index (χ4v) is 1.63. The summed E-state index contributed by atoms with van der Waals surface area (Å²) < 4.78 is 5.55. The van der Waals surface area contributed by atoms with Gasteiger partial charge >= 0.3 is 0 Å². The van der Waals surface area contributed by atoms with Gasteiger partial charge in [0.25, 0.3) is 0 Å². The maximum atomic E-state index is 5.78. The Morgan fingerprint density at radius 3 is 2.44 bits per heavy atom. The maximum Gasteiger partial charge on any atom is 0.219 e. The van der Waals surface area contributed by atoms with E-state index in [9.17, 15) is 0 Å². The molecule has 0 aliphatic heterocycles. The Morgan fingerprint density at radius 1 is 1.12 bits per heavy atom. The number of nitrogens with zero attached hydrogens (tertiary/aromatic N) is 1. The average Bonchev–Trinajstić information content (AvgIpc) is 2.33. The molecular weight excluding hydrogens is 289 g/mol. The van der Waals surface area contributed by atoms with Gasteiger partial charge in [-0.25, -0.2) is 4.98 Å². The van der Waals surface area contributed by atoms with Crippen molar-refractivity contribution in [1.82, 2.24) is 4.98 Å². The molecule has 4 heteroatoms. The molecule has 1 aromatic carbocycles. The van der Waals surface area contributed by atoms with E-state index in [1.165, 1.54) is 0 Å². The van der Waals surface area contributed by atoms with Crippen molar-refractivity contribution in [2.45, 2.75) is 5.33 Å². The summed E-state index contributed by atoms with van der Waals surface area (Å²) in [6, 6.07) is 11.0. The molecule has 1 aromatic heterocycles. The minimum Gasteiger partial charge on any atom is -0.439 e. The molecule has 0 N–H and O–H groups in total. The lowest BCUT2D eigenvalue weighted by Gasteiger charge is -2.04. The lowest BCUT2D eigenvalue weighted by Crippen LogP contribution is -1.88. The molecule has 2 nitrogen and oxygen atoms in total. The summed E-state index contributed by atoms with van der Waals surface area (Å²) in [7, 11) is 0. The summed E-state index contributed by atoms with van der Waals surface area (Å²) in [4.78, 5) is 4.18. The predicted octanol–water partition coefficient (Wildman–Crippen LogP) is 4.42. The third-order valence-corrected chi connectivity index (χ3v) is 2.89. The van der Waals surface area contributed by atoms with Crippen LogP contribution in [0.1, 0.15) is 5.56 Å². The van der Waals surface area contributed by atoms with Gasteiger partial charge in [-0.1, -0.05) is 33.6 Å². The fourth-order valence-electron chi connectivity index (χ4n) is 1.17. The number of hydrogen-bond acceptors (Lipinski definition) is 2. The third kappa shape index (κ3) is 2.97. The molecule has 0 unspecified atom stereocenters. The second-order valence-electron chi connectivity index (χ2n) is 3.19.